The zero-order chi connectivity index (χ0) is 12.9. The molecule has 0 aliphatic heterocycles. The van der Waals surface area contributed by atoms with Crippen molar-refractivity contribution in [3.05, 3.63) is 23.4 Å². The lowest BCUT2D eigenvalue weighted by molar-refractivity contribution is -0.139. The largest absolute Gasteiger partial charge is 0.465 e. The van der Waals surface area contributed by atoms with Gasteiger partial charge in [0, 0.05) is 6.20 Å². The first-order valence-electron chi connectivity index (χ1n) is 4.71. The molecule has 0 aromatic carbocycles. The van der Waals surface area contributed by atoms with Gasteiger partial charge in [0.15, 0.2) is 11.6 Å². The Morgan fingerprint density at radius 1 is 1.59 bits per heavy atom. The van der Waals surface area contributed by atoms with E-state index in [4.69, 9.17) is 11.6 Å². The molecule has 1 aromatic heterocycles. The standard InChI is InChI=1S/C9H11ClN2O4S/c1-2-16-8(13)6-17(14,15)12-9-7(10)4-3-5-11-9/h3-5H,2,6H2,1H3,(H,11,12). The highest BCUT2D eigenvalue weighted by Crippen LogP contribution is 2.18. The molecule has 6 nitrogen and oxygen atoms in total. The number of carbonyl (C=O) groups is 1. The van der Waals surface area contributed by atoms with Crippen LogP contribution in [-0.2, 0) is 19.6 Å². The Labute approximate surface area is 104 Å². The number of hydrogen-bond acceptors (Lipinski definition) is 5. The van der Waals surface area contributed by atoms with Crippen molar-refractivity contribution >= 4 is 33.4 Å². The van der Waals surface area contributed by atoms with E-state index < -0.39 is 21.7 Å². The lowest BCUT2D eigenvalue weighted by atomic mass is 10.5. The van der Waals surface area contributed by atoms with Gasteiger partial charge in [-0.2, -0.15) is 0 Å². The van der Waals surface area contributed by atoms with Crippen molar-refractivity contribution in [2.24, 2.45) is 0 Å². The van der Waals surface area contributed by atoms with E-state index in [1.165, 1.54) is 12.3 Å². The molecule has 0 aliphatic carbocycles. The first-order valence-corrected chi connectivity index (χ1v) is 6.74. The van der Waals surface area contributed by atoms with Crippen molar-refractivity contribution in [3.63, 3.8) is 0 Å². The second-order valence-electron chi connectivity index (χ2n) is 3.00. The number of ether oxygens (including phenoxy) is 1. The minimum absolute atomic E-state index is 0.0153. The van der Waals surface area contributed by atoms with Crippen LogP contribution >= 0.6 is 11.6 Å². The van der Waals surface area contributed by atoms with Gasteiger partial charge in [0.2, 0.25) is 10.0 Å². The van der Waals surface area contributed by atoms with Crippen LogP contribution in [0, 0.1) is 0 Å². The fraction of sp³-hybridized carbons (Fsp3) is 0.333. The summed E-state index contributed by atoms with van der Waals surface area (Å²) >= 11 is 5.72. The van der Waals surface area contributed by atoms with Crippen LogP contribution in [0.25, 0.3) is 0 Å². The first-order chi connectivity index (χ1) is 7.94. The third kappa shape index (κ3) is 4.58. The van der Waals surface area contributed by atoms with Gasteiger partial charge < -0.3 is 4.74 Å². The summed E-state index contributed by atoms with van der Waals surface area (Å²) in [6.45, 7) is 1.71. The molecule has 0 aliphatic rings. The van der Waals surface area contributed by atoms with Crippen LogP contribution in [0.3, 0.4) is 0 Å². The van der Waals surface area contributed by atoms with Crippen molar-refractivity contribution in [1.29, 1.82) is 0 Å². The number of sulfonamides is 1. The van der Waals surface area contributed by atoms with E-state index in [2.05, 4.69) is 14.4 Å². The summed E-state index contributed by atoms with van der Waals surface area (Å²) < 4.78 is 29.7. The van der Waals surface area contributed by atoms with E-state index in [1.54, 1.807) is 13.0 Å². The Morgan fingerprint density at radius 2 is 2.29 bits per heavy atom. The second kappa shape index (κ2) is 5.83. The molecule has 0 atom stereocenters. The van der Waals surface area contributed by atoms with Gasteiger partial charge in [-0.25, -0.2) is 13.4 Å². The van der Waals surface area contributed by atoms with Crippen molar-refractivity contribution in [1.82, 2.24) is 4.98 Å². The van der Waals surface area contributed by atoms with Crippen LogP contribution in [0.4, 0.5) is 5.82 Å². The maximum absolute atomic E-state index is 11.5. The maximum atomic E-state index is 11.5. The third-order valence-electron chi connectivity index (χ3n) is 1.62. The maximum Gasteiger partial charge on any atom is 0.323 e. The van der Waals surface area contributed by atoms with Gasteiger partial charge in [-0.15, -0.1) is 0 Å². The Bertz CT molecular complexity index is 503. The summed E-state index contributed by atoms with van der Waals surface area (Å²) in [4.78, 5) is 14.8. The number of pyridine rings is 1. The van der Waals surface area contributed by atoms with Crippen molar-refractivity contribution in [3.8, 4) is 0 Å². The summed E-state index contributed by atoms with van der Waals surface area (Å²) in [6, 6.07) is 3.04. The molecule has 0 saturated heterocycles. The van der Waals surface area contributed by atoms with E-state index >= 15 is 0 Å². The van der Waals surface area contributed by atoms with Crippen LogP contribution in [0.15, 0.2) is 18.3 Å². The van der Waals surface area contributed by atoms with Crippen LogP contribution in [-0.4, -0.2) is 31.7 Å². The fourth-order valence-electron chi connectivity index (χ4n) is 1.00. The smallest absolute Gasteiger partial charge is 0.323 e. The predicted molar refractivity (Wildman–Crippen MR) is 63.3 cm³/mol. The number of esters is 1. The van der Waals surface area contributed by atoms with Gasteiger partial charge in [0.05, 0.1) is 11.6 Å². The van der Waals surface area contributed by atoms with Gasteiger partial charge >= 0.3 is 5.97 Å². The average Bonchev–Trinajstić information content (AvgIpc) is 2.20. The molecule has 8 heteroatoms. The lowest BCUT2D eigenvalue weighted by Crippen LogP contribution is -2.24. The highest BCUT2D eigenvalue weighted by Gasteiger charge is 2.18. The molecular weight excluding hydrogens is 268 g/mol. The summed E-state index contributed by atoms with van der Waals surface area (Å²) in [5.74, 6) is -1.61. The van der Waals surface area contributed by atoms with Crippen molar-refractivity contribution < 1.29 is 17.9 Å². The normalized spacial score (nSPS) is 10.9. The molecule has 1 heterocycles. The number of aromatic nitrogens is 1. The van der Waals surface area contributed by atoms with Crippen LogP contribution < -0.4 is 4.72 Å². The number of carbonyl (C=O) groups excluding carboxylic acids is 1. The number of nitrogens with one attached hydrogen (secondary N) is 1. The Balaban J connectivity index is 2.74. The Kier molecular flexibility index (Phi) is 4.71. The number of rotatable bonds is 5. The van der Waals surface area contributed by atoms with E-state index in [0.29, 0.717) is 0 Å². The molecule has 0 amide bonds. The number of anilines is 1. The zero-order valence-electron chi connectivity index (χ0n) is 9.01. The van der Waals surface area contributed by atoms with E-state index in [1.807, 2.05) is 0 Å². The van der Waals surface area contributed by atoms with Gasteiger partial charge in [0.1, 0.15) is 0 Å². The molecule has 1 aromatic rings. The van der Waals surface area contributed by atoms with Crippen molar-refractivity contribution in [2.45, 2.75) is 6.92 Å². The molecule has 94 valence electrons. The zero-order valence-corrected chi connectivity index (χ0v) is 10.6. The Morgan fingerprint density at radius 3 is 2.88 bits per heavy atom. The van der Waals surface area contributed by atoms with Gasteiger partial charge in [-0.1, -0.05) is 11.6 Å². The van der Waals surface area contributed by atoms with Crippen LogP contribution in [0.2, 0.25) is 5.02 Å². The first kappa shape index (κ1) is 13.7. The summed E-state index contributed by atoms with van der Waals surface area (Å²) in [6.07, 6.45) is 1.38. The number of nitrogens with zero attached hydrogens (tertiary/aromatic N) is 1. The minimum Gasteiger partial charge on any atom is -0.465 e. The molecule has 0 radical (unpaired) electrons. The van der Waals surface area contributed by atoms with E-state index in [-0.39, 0.29) is 17.4 Å². The highest BCUT2D eigenvalue weighted by atomic mass is 35.5. The highest BCUT2D eigenvalue weighted by molar-refractivity contribution is 7.93. The fourth-order valence-corrected chi connectivity index (χ4v) is 2.15. The topological polar surface area (TPSA) is 85.4 Å². The predicted octanol–water partition coefficient (Wildman–Crippen LogP) is 1.04. The molecule has 0 unspecified atom stereocenters. The number of hydrogen-bond donors (Lipinski definition) is 1. The minimum atomic E-state index is -3.85. The average molecular weight is 279 g/mol. The second-order valence-corrected chi connectivity index (χ2v) is 5.13. The molecule has 17 heavy (non-hydrogen) atoms. The monoisotopic (exact) mass is 278 g/mol. The van der Waals surface area contributed by atoms with Crippen LogP contribution in [0.5, 0.6) is 0 Å². The number of halogens is 1. The van der Waals surface area contributed by atoms with Gasteiger partial charge in [-0.05, 0) is 19.1 Å². The van der Waals surface area contributed by atoms with E-state index in [9.17, 15) is 13.2 Å². The van der Waals surface area contributed by atoms with Gasteiger partial charge in [0.25, 0.3) is 0 Å². The molecule has 0 bridgehead atoms. The molecular formula is C9H11ClN2O4S. The Hall–Kier alpha value is -1.34. The molecule has 0 spiro atoms. The summed E-state index contributed by atoms with van der Waals surface area (Å²) in [5.41, 5.74) is 0. The molecule has 0 fully saturated rings. The molecule has 1 rings (SSSR count). The quantitative estimate of drug-likeness (QED) is 0.814. The summed E-state index contributed by atoms with van der Waals surface area (Å²) in [5, 5.41) is 0.153. The SMILES string of the molecule is CCOC(=O)CS(=O)(=O)Nc1ncccc1Cl. The summed E-state index contributed by atoms with van der Waals surface area (Å²) in [7, 11) is -3.85. The van der Waals surface area contributed by atoms with E-state index in [0.717, 1.165) is 0 Å². The van der Waals surface area contributed by atoms with Crippen LogP contribution in [0.1, 0.15) is 6.92 Å². The third-order valence-corrected chi connectivity index (χ3v) is 3.05. The van der Waals surface area contributed by atoms with Crippen molar-refractivity contribution in [2.75, 3.05) is 17.1 Å². The molecule has 1 N–H and O–H groups in total. The lowest BCUT2D eigenvalue weighted by Gasteiger charge is -2.07. The molecule has 0 saturated carbocycles. The van der Waals surface area contributed by atoms with Gasteiger partial charge in [-0.3, -0.25) is 9.52 Å².